The molecule has 0 fully saturated rings. The van der Waals surface area contributed by atoms with Gasteiger partial charge in [-0.1, -0.05) is 37.3 Å². The van der Waals surface area contributed by atoms with Crippen molar-refractivity contribution >= 4 is 16.9 Å². The van der Waals surface area contributed by atoms with Gasteiger partial charge >= 0.3 is 0 Å². The van der Waals surface area contributed by atoms with Crippen LogP contribution in [0.25, 0.3) is 11.0 Å². The van der Waals surface area contributed by atoms with Gasteiger partial charge in [-0.3, -0.25) is 4.79 Å². The van der Waals surface area contributed by atoms with Gasteiger partial charge in [-0.05, 0) is 23.8 Å². The van der Waals surface area contributed by atoms with Crippen LogP contribution < -0.4 is 5.73 Å². The van der Waals surface area contributed by atoms with Crippen LogP contribution in [0.1, 0.15) is 34.2 Å². The Balaban J connectivity index is 1.86. The van der Waals surface area contributed by atoms with Crippen molar-refractivity contribution < 1.29 is 9.21 Å². The van der Waals surface area contributed by atoms with E-state index < -0.39 is 0 Å². The van der Waals surface area contributed by atoms with Crippen LogP contribution in [-0.2, 0) is 19.5 Å². The Morgan fingerprint density at radius 1 is 1.12 bits per heavy atom. The molecule has 4 heteroatoms. The molecule has 2 N–H and O–H groups in total. The maximum atomic E-state index is 12.7. The van der Waals surface area contributed by atoms with Crippen molar-refractivity contribution in [1.29, 1.82) is 0 Å². The molecule has 0 aliphatic rings. The highest BCUT2D eigenvalue weighted by atomic mass is 16.3. The number of hydrogen-bond acceptors (Lipinski definition) is 3. The fourth-order valence-corrected chi connectivity index (χ4v) is 2.92. The van der Waals surface area contributed by atoms with Crippen molar-refractivity contribution in [2.45, 2.75) is 26.4 Å². The maximum absolute atomic E-state index is 12.7. The summed E-state index contributed by atoms with van der Waals surface area (Å²) in [6, 6.07) is 15.4. The molecule has 0 spiro atoms. The third kappa shape index (κ3) is 3.05. The molecule has 2 aromatic carbocycles. The Labute approximate surface area is 141 Å². The standard InChI is InChI=1S/C20H22N2O2/c1-3-18-17(16-6-4-5-7-19(16)24-18)13-22(2)20(23)15-10-8-14(12-21)9-11-15/h4-11H,3,12-13,21H2,1-2H3. The number of furan rings is 1. The third-order valence-corrected chi connectivity index (χ3v) is 4.28. The molecule has 0 aliphatic heterocycles. The van der Waals surface area contributed by atoms with Gasteiger partial charge in [0.25, 0.3) is 5.91 Å². The van der Waals surface area contributed by atoms with E-state index in [9.17, 15) is 4.79 Å². The van der Waals surface area contributed by atoms with E-state index >= 15 is 0 Å². The van der Waals surface area contributed by atoms with Crippen LogP contribution in [0, 0.1) is 0 Å². The number of amides is 1. The fourth-order valence-electron chi connectivity index (χ4n) is 2.92. The summed E-state index contributed by atoms with van der Waals surface area (Å²) >= 11 is 0. The lowest BCUT2D eigenvalue weighted by Gasteiger charge is -2.17. The number of para-hydroxylation sites is 1. The molecule has 0 saturated heterocycles. The first-order valence-electron chi connectivity index (χ1n) is 8.17. The zero-order chi connectivity index (χ0) is 17.1. The summed E-state index contributed by atoms with van der Waals surface area (Å²) in [7, 11) is 1.82. The van der Waals surface area contributed by atoms with Gasteiger partial charge in [0.2, 0.25) is 0 Å². The second-order valence-electron chi connectivity index (χ2n) is 5.92. The van der Waals surface area contributed by atoms with E-state index in [1.54, 1.807) is 4.90 Å². The fraction of sp³-hybridized carbons (Fsp3) is 0.250. The Hall–Kier alpha value is -2.59. The third-order valence-electron chi connectivity index (χ3n) is 4.28. The van der Waals surface area contributed by atoms with E-state index in [1.807, 2.05) is 55.6 Å². The smallest absolute Gasteiger partial charge is 0.253 e. The average Bonchev–Trinajstić information content (AvgIpc) is 2.99. The number of rotatable bonds is 5. The Morgan fingerprint density at radius 2 is 1.83 bits per heavy atom. The topological polar surface area (TPSA) is 59.5 Å². The molecule has 0 radical (unpaired) electrons. The lowest BCUT2D eigenvalue weighted by molar-refractivity contribution is 0.0785. The molecule has 1 heterocycles. The van der Waals surface area contributed by atoms with Crippen LogP contribution in [0.3, 0.4) is 0 Å². The predicted octanol–water partition coefficient (Wildman–Crippen LogP) is 3.73. The van der Waals surface area contributed by atoms with Crippen molar-refractivity contribution in [3.63, 3.8) is 0 Å². The molecule has 3 aromatic rings. The van der Waals surface area contributed by atoms with Gasteiger partial charge in [-0.15, -0.1) is 0 Å². The lowest BCUT2D eigenvalue weighted by Crippen LogP contribution is -2.26. The molecule has 0 aliphatic carbocycles. The average molecular weight is 322 g/mol. The molecule has 0 saturated carbocycles. The van der Waals surface area contributed by atoms with E-state index in [0.717, 1.165) is 34.3 Å². The summed E-state index contributed by atoms with van der Waals surface area (Å²) in [5, 5.41) is 1.08. The van der Waals surface area contributed by atoms with Crippen LogP contribution in [0.5, 0.6) is 0 Å². The number of carbonyl (C=O) groups is 1. The van der Waals surface area contributed by atoms with Gasteiger partial charge in [0.15, 0.2) is 0 Å². The first-order valence-corrected chi connectivity index (χ1v) is 8.17. The number of carbonyl (C=O) groups excluding carboxylic acids is 1. The van der Waals surface area contributed by atoms with E-state index in [-0.39, 0.29) is 5.91 Å². The molecule has 124 valence electrons. The Morgan fingerprint density at radius 3 is 2.50 bits per heavy atom. The molecule has 4 nitrogen and oxygen atoms in total. The summed E-state index contributed by atoms with van der Waals surface area (Å²) in [5.74, 6) is 0.931. The van der Waals surface area contributed by atoms with Gasteiger partial charge in [0, 0.05) is 43.1 Å². The zero-order valence-electron chi connectivity index (χ0n) is 14.1. The molecular formula is C20H22N2O2. The lowest BCUT2D eigenvalue weighted by atomic mass is 10.1. The van der Waals surface area contributed by atoms with E-state index in [2.05, 4.69) is 6.92 Å². The van der Waals surface area contributed by atoms with E-state index in [1.165, 1.54) is 0 Å². The summed E-state index contributed by atoms with van der Waals surface area (Å²) in [5.41, 5.74) is 9.25. The summed E-state index contributed by atoms with van der Waals surface area (Å²) < 4.78 is 5.91. The molecule has 1 amide bonds. The minimum Gasteiger partial charge on any atom is -0.461 e. The molecule has 24 heavy (non-hydrogen) atoms. The quantitative estimate of drug-likeness (QED) is 0.778. The molecule has 1 aromatic heterocycles. The van der Waals surface area contributed by atoms with Gasteiger partial charge in [0.1, 0.15) is 11.3 Å². The first kappa shape index (κ1) is 16.3. The van der Waals surface area contributed by atoms with Crippen molar-refractivity contribution in [2.75, 3.05) is 7.05 Å². The van der Waals surface area contributed by atoms with Crippen molar-refractivity contribution in [2.24, 2.45) is 5.73 Å². The number of aryl methyl sites for hydroxylation is 1. The van der Waals surface area contributed by atoms with Gasteiger partial charge in [-0.2, -0.15) is 0 Å². The zero-order valence-corrected chi connectivity index (χ0v) is 14.1. The van der Waals surface area contributed by atoms with Crippen LogP contribution in [0.2, 0.25) is 0 Å². The minimum absolute atomic E-state index is 0.00842. The monoisotopic (exact) mass is 322 g/mol. The van der Waals surface area contributed by atoms with E-state index in [0.29, 0.717) is 18.7 Å². The Kier molecular flexibility index (Phi) is 4.67. The van der Waals surface area contributed by atoms with Crippen LogP contribution in [0.4, 0.5) is 0 Å². The number of hydrogen-bond donors (Lipinski definition) is 1. The van der Waals surface area contributed by atoms with Crippen LogP contribution in [-0.4, -0.2) is 17.9 Å². The molecule has 0 atom stereocenters. The number of benzene rings is 2. The normalized spacial score (nSPS) is 11.0. The second kappa shape index (κ2) is 6.89. The van der Waals surface area contributed by atoms with Gasteiger partial charge < -0.3 is 15.1 Å². The van der Waals surface area contributed by atoms with Gasteiger partial charge in [-0.25, -0.2) is 0 Å². The number of fused-ring (bicyclic) bond motifs is 1. The highest BCUT2D eigenvalue weighted by Gasteiger charge is 2.18. The first-order chi connectivity index (χ1) is 11.6. The molecule has 0 bridgehead atoms. The SMILES string of the molecule is CCc1oc2ccccc2c1CN(C)C(=O)c1ccc(CN)cc1. The second-order valence-corrected chi connectivity index (χ2v) is 5.92. The van der Waals surface area contributed by atoms with Gasteiger partial charge in [0.05, 0.1) is 0 Å². The minimum atomic E-state index is -0.00842. The van der Waals surface area contributed by atoms with Crippen LogP contribution in [0.15, 0.2) is 52.9 Å². The summed E-state index contributed by atoms with van der Waals surface area (Å²) in [6.45, 7) is 3.07. The van der Waals surface area contributed by atoms with Crippen molar-refractivity contribution in [1.82, 2.24) is 4.90 Å². The highest BCUT2D eigenvalue weighted by molar-refractivity contribution is 5.94. The largest absolute Gasteiger partial charge is 0.461 e. The van der Waals surface area contributed by atoms with Crippen molar-refractivity contribution in [3.8, 4) is 0 Å². The predicted molar refractivity (Wildman–Crippen MR) is 95.7 cm³/mol. The molecule has 0 unspecified atom stereocenters. The Bertz CT molecular complexity index is 850. The molecular weight excluding hydrogens is 300 g/mol. The number of nitrogens with two attached hydrogens (primary N) is 1. The van der Waals surface area contributed by atoms with Crippen molar-refractivity contribution in [3.05, 3.63) is 71.0 Å². The van der Waals surface area contributed by atoms with E-state index in [4.69, 9.17) is 10.2 Å². The highest BCUT2D eigenvalue weighted by Crippen LogP contribution is 2.27. The summed E-state index contributed by atoms with van der Waals surface area (Å²) in [4.78, 5) is 14.4. The summed E-state index contributed by atoms with van der Waals surface area (Å²) in [6.07, 6.45) is 0.803. The maximum Gasteiger partial charge on any atom is 0.253 e. The van der Waals surface area contributed by atoms with Crippen LogP contribution >= 0.6 is 0 Å². The number of nitrogens with zero attached hydrogens (tertiary/aromatic N) is 1. The molecule has 3 rings (SSSR count).